The third kappa shape index (κ3) is 2.28. The fourth-order valence-electron chi connectivity index (χ4n) is 1.73. The van der Waals surface area contributed by atoms with Crippen molar-refractivity contribution in [1.82, 2.24) is 9.78 Å². The lowest BCUT2D eigenvalue weighted by atomic mass is 10.1. The van der Waals surface area contributed by atoms with Gasteiger partial charge in [0.1, 0.15) is 6.07 Å². The topological polar surface area (TPSA) is 53.6 Å². The average molecular weight is 226 g/mol. The SMILES string of the molecule is Cc1ccc(Nc2cn(C)nc2C)c(C#N)c1. The quantitative estimate of drug-likeness (QED) is 0.856. The lowest BCUT2D eigenvalue weighted by molar-refractivity contribution is 0.756. The van der Waals surface area contributed by atoms with Gasteiger partial charge in [0.15, 0.2) is 0 Å². The van der Waals surface area contributed by atoms with Crippen molar-refractivity contribution >= 4 is 11.4 Å². The molecule has 4 heteroatoms. The van der Waals surface area contributed by atoms with E-state index >= 15 is 0 Å². The Morgan fingerprint density at radius 3 is 2.65 bits per heavy atom. The van der Waals surface area contributed by atoms with Crippen molar-refractivity contribution in [1.29, 1.82) is 5.26 Å². The van der Waals surface area contributed by atoms with E-state index in [0.717, 1.165) is 22.6 Å². The highest BCUT2D eigenvalue weighted by Gasteiger charge is 2.06. The molecule has 2 aromatic rings. The molecule has 0 saturated carbocycles. The van der Waals surface area contributed by atoms with E-state index in [1.807, 2.05) is 45.3 Å². The van der Waals surface area contributed by atoms with Crippen LogP contribution >= 0.6 is 0 Å². The molecule has 0 aliphatic carbocycles. The number of anilines is 2. The van der Waals surface area contributed by atoms with Gasteiger partial charge in [-0.15, -0.1) is 0 Å². The molecule has 0 aliphatic heterocycles. The predicted molar refractivity (Wildman–Crippen MR) is 67.1 cm³/mol. The van der Waals surface area contributed by atoms with Crippen LogP contribution in [-0.4, -0.2) is 9.78 Å². The zero-order chi connectivity index (χ0) is 12.4. The van der Waals surface area contributed by atoms with Gasteiger partial charge in [-0.05, 0) is 31.5 Å². The molecule has 86 valence electrons. The second-order valence-corrected chi connectivity index (χ2v) is 4.09. The molecular weight excluding hydrogens is 212 g/mol. The molecule has 1 heterocycles. The minimum absolute atomic E-state index is 0.647. The van der Waals surface area contributed by atoms with Gasteiger partial charge in [0.25, 0.3) is 0 Å². The third-order valence-corrected chi connectivity index (χ3v) is 2.58. The van der Waals surface area contributed by atoms with Crippen molar-refractivity contribution in [3.8, 4) is 6.07 Å². The Kier molecular flexibility index (Phi) is 2.84. The molecule has 4 nitrogen and oxygen atoms in total. The van der Waals surface area contributed by atoms with E-state index in [1.54, 1.807) is 4.68 Å². The van der Waals surface area contributed by atoms with E-state index in [0.29, 0.717) is 5.56 Å². The summed E-state index contributed by atoms with van der Waals surface area (Å²) in [6.07, 6.45) is 1.90. The molecular formula is C13H14N4. The van der Waals surface area contributed by atoms with Crippen LogP contribution in [0.15, 0.2) is 24.4 Å². The molecule has 1 aromatic heterocycles. The molecule has 0 aliphatic rings. The van der Waals surface area contributed by atoms with Gasteiger partial charge in [-0.3, -0.25) is 4.68 Å². The third-order valence-electron chi connectivity index (χ3n) is 2.58. The summed E-state index contributed by atoms with van der Waals surface area (Å²) in [4.78, 5) is 0. The first-order valence-corrected chi connectivity index (χ1v) is 5.38. The maximum Gasteiger partial charge on any atom is 0.101 e. The van der Waals surface area contributed by atoms with Crippen molar-refractivity contribution < 1.29 is 0 Å². The van der Waals surface area contributed by atoms with Crippen molar-refractivity contribution in [3.05, 3.63) is 41.2 Å². The monoisotopic (exact) mass is 226 g/mol. The molecule has 0 unspecified atom stereocenters. The zero-order valence-electron chi connectivity index (χ0n) is 10.2. The maximum atomic E-state index is 9.08. The Balaban J connectivity index is 2.37. The number of hydrogen-bond acceptors (Lipinski definition) is 3. The van der Waals surface area contributed by atoms with E-state index in [2.05, 4.69) is 16.5 Å². The van der Waals surface area contributed by atoms with Crippen molar-refractivity contribution in [2.75, 3.05) is 5.32 Å². The largest absolute Gasteiger partial charge is 0.352 e. The summed E-state index contributed by atoms with van der Waals surface area (Å²) < 4.78 is 1.75. The Hall–Kier alpha value is -2.28. The smallest absolute Gasteiger partial charge is 0.101 e. The number of nitrogens with zero attached hydrogens (tertiary/aromatic N) is 3. The first kappa shape index (κ1) is 11.2. The van der Waals surface area contributed by atoms with Crippen LogP contribution in [0.4, 0.5) is 11.4 Å². The lowest BCUT2D eigenvalue weighted by Crippen LogP contribution is -1.94. The van der Waals surface area contributed by atoms with E-state index in [9.17, 15) is 0 Å². The maximum absolute atomic E-state index is 9.08. The number of aromatic nitrogens is 2. The number of nitriles is 1. The molecule has 17 heavy (non-hydrogen) atoms. The predicted octanol–water partition coefficient (Wildman–Crippen LogP) is 2.65. The molecule has 2 rings (SSSR count). The number of hydrogen-bond donors (Lipinski definition) is 1. The van der Waals surface area contributed by atoms with E-state index in [-0.39, 0.29) is 0 Å². The summed E-state index contributed by atoms with van der Waals surface area (Å²) in [5, 5.41) is 16.6. The van der Waals surface area contributed by atoms with Crippen molar-refractivity contribution in [2.45, 2.75) is 13.8 Å². The van der Waals surface area contributed by atoms with Crippen molar-refractivity contribution in [3.63, 3.8) is 0 Å². The van der Waals surface area contributed by atoms with E-state index < -0.39 is 0 Å². The highest BCUT2D eigenvalue weighted by atomic mass is 15.3. The summed E-state index contributed by atoms with van der Waals surface area (Å²) in [6, 6.07) is 7.96. The first-order valence-electron chi connectivity index (χ1n) is 5.38. The summed E-state index contributed by atoms with van der Waals surface area (Å²) >= 11 is 0. The Morgan fingerprint density at radius 1 is 1.29 bits per heavy atom. The van der Waals surface area contributed by atoms with E-state index in [1.165, 1.54) is 0 Å². The van der Waals surface area contributed by atoms with Crippen LogP contribution in [0.1, 0.15) is 16.8 Å². The number of rotatable bonds is 2. The summed E-state index contributed by atoms with van der Waals surface area (Å²) in [5.41, 5.74) is 4.38. The molecule has 0 amide bonds. The fraction of sp³-hybridized carbons (Fsp3) is 0.231. The Bertz CT molecular complexity index is 590. The van der Waals surface area contributed by atoms with Gasteiger partial charge in [0.2, 0.25) is 0 Å². The zero-order valence-corrected chi connectivity index (χ0v) is 10.2. The molecule has 0 bridgehead atoms. The Morgan fingerprint density at radius 2 is 2.06 bits per heavy atom. The first-order chi connectivity index (χ1) is 8.10. The van der Waals surface area contributed by atoms with Gasteiger partial charge in [0.05, 0.1) is 22.6 Å². The Labute approximate surface area is 100 Å². The normalized spacial score (nSPS) is 10.0. The van der Waals surface area contributed by atoms with Gasteiger partial charge in [-0.25, -0.2) is 0 Å². The molecule has 1 N–H and O–H groups in total. The second-order valence-electron chi connectivity index (χ2n) is 4.09. The molecule has 1 aromatic carbocycles. The van der Waals surface area contributed by atoms with Crippen LogP contribution in [0.2, 0.25) is 0 Å². The van der Waals surface area contributed by atoms with Gasteiger partial charge >= 0.3 is 0 Å². The highest BCUT2D eigenvalue weighted by Crippen LogP contribution is 2.23. The standard InChI is InChI=1S/C13H14N4/c1-9-4-5-12(11(6-9)7-14)15-13-8-17(3)16-10(13)2/h4-6,8,15H,1-3H3. The summed E-state index contributed by atoms with van der Waals surface area (Å²) in [5.74, 6) is 0. The van der Waals surface area contributed by atoms with Crippen LogP contribution in [0.5, 0.6) is 0 Å². The number of aryl methyl sites for hydroxylation is 3. The molecule has 0 saturated heterocycles. The minimum Gasteiger partial charge on any atom is -0.352 e. The van der Waals surface area contributed by atoms with Crippen LogP contribution in [0, 0.1) is 25.2 Å². The lowest BCUT2D eigenvalue weighted by Gasteiger charge is -2.07. The minimum atomic E-state index is 0.647. The van der Waals surface area contributed by atoms with Gasteiger partial charge in [-0.1, -0.05) is 6.07 Å². The van der Waals surface area contributed by atoms with Crippen LogP contribution < -0.4 is 5.32 Å². The molecule has 0 atom stereocenters. The van der Waals surface area contributed by atoms with Crippen LogP contribution in [-0.2, 0) is 7.05 Å². The van der Waals surface area contributed by atoms with Crippen LogP contribution in [0.25, 0.3) is 0 Å². The molecule has 0 radical (unpaired) electrons. The van der Waals surface area contributed by atoms with Gasteiger partial charge in [-0.2, -0.15) is 10.4 Å². The summed E-state index contributed by atoms with van der Waals surface area (Å²) in [7, 11) is 1.87. The van der Waals surface area contributed by atoms with Crippen LogP contribution in [0.3, 0.4) is 0 Å². The van der Waals surface area contributed by atoms with Gasteiger partial charge in [0, 0.05) is 13.2 Å². The second kappa shape index (κ2) is 4.30. The highest BCUT2D eigenvalue weighted by molar-refractivity contribution is 5.67. The average Bonchev–Trinajstić information content (AvgIpc) is 2.60. The van der Waals surface area contributed by atoms with Crippen molar-refractivity contribution in [2.24, 2.45) is 7.05 Å². The summed E-state index contributed by atoms with van der Waals surface area (Å²) in [6.45, 7) is 3.91. The van der Waals surface area contributed by atoms with E-state index in [4.69, 9.17) is 5.26 Å². The number of nitrogens with one attached hydrogen (secondary N) is 1. The number of benzene rings is 1. The fourth-order valence-corrected chi connectivity index (χ4v) is 1.73. The molecule has 0 spiro atoms. The van der Waals surface area contributed by atoms with Gasteiger partial charge < -0.3 is 5.32 Å². The molecule has 0 fully saturated rings.